The van der Waals surface area contributed by atoms with Crippen molar-refractivity contribution in [2.75, 3.05) is 34.3 Å². The molecule has 0 fully saturated rings. The second-order valence-corrected chi connectivity index (χ2v) is 7.77. The minimum absolute atomic E-state index is 0.173. The number of pyridine rings is 1. The van der Waals surface area contributed by atoms with E-state index in [1.807, 2.05) is 6.92 Å². The molecule has 1 amide bonds. The van der Waals surface area contributed by atoms with Gasteiger partial charge in [0, 0.05) is 36.0 Å². The van der Waals surface area contributed by atoms with Crippen LogP contribution in [0.3, 0.4) is 0 Å². The van der Waals surface area contributed by atoms with E-state index in [4.69, 9.17) is 4.65 Å². The molecule has 2 aromatic rings. The molecule has 0 aliphatic carbocycles. The summed E-state index contributed by atoms with van der Waals surface area (Å²) in [7, 11) is -1.13. The number of alkyl halides is 4. The number of carbonyl (C=O) groups is 1. The predicted octanol–water partition coefficient (Wildman–Crippen LogP) is 2.87. The quantitative estimate of drug-likeness (QED) is 0.340. The van der Waals surface area contributed by atoms with Gasteiger partial charge in [0.2, 0.25) is 0 Å². The SMILES string of the molecule is CCN(CCI)c1cc(C(F)(F)F)c(C(=O)Nc2ccc3c(c2)B(O)OCC3)cn1. The Hall–Kier alpha value is -1.86. The lowest BCUT2D eigenvalue weighted by molar-refractivity contribution is -0.137. The lowest BCUT2D eigenvalue weighted by Crippen LogP contribution is -2.41. The Balaban J connectivity index is 1.91. The number of fused-ring (bicyclic) bond motifs is 1. The maximum absolute atomic E-state index is 13.7. The summed E-state index contributed by atoms with van der Waals surface area (Å²) in [5, 5.41) is 12.4. The Labute approximate surface area is 186 Å². The fraction of sp³-hybridized carbons (Fsp3) is 0.368. The molecule has 11 heteroatoms. The zero-order chi connectivity index (χ0) is 21.9. The molecule has 1 aromatic carbocycles. The number of halogens is 4. The van der Waals surface area contributed by atoms with Gasteiger partial charge in [0.1, 0.15) is 5.82 Å². The summed E-state index contributed by atoms with van der Waals surface area (Å²) in [6.07, 6.45) is -3.15. The molecule has 0 saturated carbocycles. The van der Waals surface area contributed by atoms with Crippen molar-refractivity contribution in [2.45, 2.75) is 19.5 Å². The molecule has 1 aliphatic rings. The van der Waals surface area contributed by atoms with Crippen LogP contribution in [0.4, 0.5) is 24.7 Å². The van der Waals surface area contributed by atoms with Crippen molar-refractivity contribution in [1.82, 2.24) is 4.98 Å². The number of nitrogens with zero attached hydrogens (tertiary/aromatic N) is 2. The number of benzene rings is 1. The summed E-state index contributed by atoms with van der Waals surface area (Å²) in [6, 6.07) is 5.72. The van der Waals surface area contributed by atoms with E-state index in [9.17, 15) is 23.0 Å². The molecule has 1 aromatic heterocycles. The van der Waals surface area contributed by atoms with Gasteiger partial charge in [-0.3, -0.25) is 4.79 Å². The van der Waals surface area contributed by atoms with Gasteiger partial charge in [0.15, 0.2) is 0 Å². The maximum Gasteiger partial charge on any atom is 0.491 e. The third kappa shape index (κ3) is 5.06. The first-order valence-corrected chi connectivity index (χ1v) is 10.9. The maximum atomic E-state index is 13.7. The first-order valence-electron chi connectivity index (χ1n) is 9.36. The molecule has 0 radical (unpaired) electrons. The number of rotatable bonds is 6. The molecular formula is C19H20BF3IN3O3. The van der Waals surface area contributed by atoms with E-state index in [2.05, 4.69) is 32.9 Å². The van der Waals surface area contributed by atoms with Crippen LogP contribution in [0.15, 0.2) is 30.5 Å². The fourth-order valence-corrected chi connectivity index (χ4v) is 3.85. The fourth-order valence-electron chi connectivity index (χ4n) is 3.27. The smallest absolute Gasteiger partial charge is 0.423 e. The van der Waals surface area contributed by atoms with Gasteiger partial charge in [-0.05, 0) is 42.6 Å². The van der Waals surface area contributed by atoms with Crippen molar-refractivity contribution in [2.24, 2.45) is 0 Å². The van der Waals surface area contributed by atoms with Crippen LogP contribution in [0.1, 0.15) is 28.4 Å². The summed E-state index contributed by atoms with van der Waals surface area (Å²) >= 11 is 2.14. The highest BCUT2D eigenvalue weighted by Gasteiger charge is 2.36. The molecule has 6 nitrogen and oxygen atoms in total. The Morgan fingerprint density at radius 2 is 2.17 bits per heavy atom. The second-order valence-electron chi connectivity index (χ2n) is 6.70. The average Bonchev–Trinajstić information content (AvgIpc) is 2.71. The third-order valence-electron chi connectivity index (χ3n) is 4.82. The zero-order valence-corrected chi connectivity index (χ0v) is 18.3. The number of hydrogen-bond donors (Lipinski definition) is 2. The van der Waals surface area contributed by atoms with E-state index in [0.29, 0.717) is 31.6 Å². The third-order valence-corrected chi connectivity index (χ3v) is 5.30. The van der Waals surface area contributed by atoms with Crippen LogP contribution in [0, 0.1) is 0 Å². The van der Waals surface area contributed by atoms with Gasteiger partial charge in [-0.15, -0.1) is 0 Å². The minimum atomic E-state index is -4.71. The van der Waals surface area contributed by atoms with Crippen molar-refractivity contribution >= 4 is 52.6 Å². The van der Waals surface area contributed by atoms with Crippen LogP contribution < -0.4 is 15.7 Å². The number of anilines is 2. The zero-order valence-electron chi connectivity index (χ0n) is 16.2. The molecule has 30 heavy (non-hydrogen) atoms. The van der Waals surface area contributed by atoms with Crippen molar-refractivity contribution in [1.29, 1.82) is 0 Å². The molecule has 0 saturated heterocycles. The van der Waals surface area contributed by atoms with Crippen molar-refractivity contribution < 1.29 is 27.6 Å². The number of amides is 1. The van der Waals surface area contributed by atoms with Gasteiger partial charge in [0.25, 0.3) is 5.91 Å². The van der Waals surface area contributed by atoms with E-state index < -0.39 is 30.3 Å². The van der Waals surface area contributed by atoms with Crippen LogP contribution in [0.25, 0.3) is 0 Å². The summed E-state index contributed by atoms with van der Waals surface area (Å²) in [6.45, 7) is 3.25. The normalized spacial score (nSPS) is 13.7. The summed E-state index contributed by atoms with van der Waals surface area (Å²) in [5.41, 5.74) is 0.00903. The lowest BCUT2D eigenvalue weighted by Gasteiger charge is -2.23. The second kappa shape index (κ2) is 9.52. The van der Waals surface area contributed by atoms with Crippen molar-refractivity contribution in [3.63, 3.8) is 0 Å². The van der Waals surface area contributed by atoms with Crippen molar-refractivity contribution in [3.05, 3.63) is 47.2 Å². The number of carbonyl (C=O) groups excluding carboxylic acids is 1. The van der Waals surface area contributed by atoms with Gasteiger partial charge in [0.05, 0.1) is 11.1 Å². The van der Waals surface area contributed by atoms with Gasteiger partial charge in [-0.2, -0.15) is 13.2 Å². The Kier molecular flexibility index (Phi) is 7.24. The Morgan fingerprint density at radius 3 is 2.83 bits per heavy atom. The van der Waals surface area contributed by atoms with Gasteiger partial charge in [-0.1, -0.05) is 28.7 Å². The number of nitrogens with one attached hydrogen (secondary N) is 1. The molecule has 2 N–H and O–H groups in total. The van der Waals surface area contributed by atoms with Crippen LogP contribution in [0.5, 0.6) is 0 Å². The van der Waals surface area contributed by atoms with Gasteiger partial charge >= 0.3 is 13.3 Å². The average molecular weight is 533 g/mol. The topological polar surface area (TPSA) is 74.7 Å². The van der Waals surface area contributed by atoms with E-state index >= 15 is 0 Å². The van der Waals surface area contributed by atoms with E-state index in [0.717, 1.165) is 22.3 Å². The van der Waals surface area contributed by atoms with Gasteiger partial charge < -0.3 is 19.9 Å². The van der Waals surface area contributed by atoms with Crippen LogP contribution in [-0.4, -0.2) is 47.2 Å². The van der Waals surface area contributed by atoms with E-state index in [1.165, 1.54) is 6.07 Å². The van der Waals surface area contributed by atoms with Gasteiger partial charge in [-0.25, -0.2) is 4.98 Å². The Morgan fingerprint density at radius 1 is 1.40 bits per heavy atom. The van der Waals surface area contributed by atoms with Crippen LogP contribution in [0.2, 0.25) is 0 Å². The molecule has 1 aliphatic heterocycles. The van der Waals surface area contributed by atoms with Crippen molar-refractivity contribution in [3.8, 4) is 0 Å². The first-order chi connectivity index (χ1) is 14.2. The molecule has 2 heterocycles. The largest absolute Gasteiger partial charge is 0.491 e. The number of aromatic nitrogens is 1. The number of hydrogen-bond acceptors (Lipinski definition) is 5. The predicted molar refractivity (Wildman–Crippen MR) is 118 cm³/mol. The highest BCUT2D eigenvalue weighted by Crippen LogP contribution is 2.34. The molecule has 0 bridgehead atoms. The van der Waals surface area contributed by atoms with E-state index in [-0.39, 0.29) is 11.5 Å². The highest BCUT2D eigenvalue weighted by atomic mass is 127. The van der Waals surface area contributed by atoms with Crippen LogP contribution in [-0.2, 0) is 17.3 Å². The highest BCUT2D eigenvalue weighted by molar-refractivity contribution is 14.1. The monoisotopic (exact) mass is 533 g/mol. The molecular weight excluding hydrogens is 513 g/mol. The molecule has 0 spiro atoms. The summed E-state index contributed by atoms with van der Waals surface area (Å²) < 4.78 is 46.9. The van der Waals surface area contributed by atoms with Crippen LogP contribution >= 0.6 is 22.6 Å². The molecule has 160 valence electrons. The molecule has 3 rings (SSSR count). The molecule has 0 unspecified atom stereocenters. The standard InChI is InChI=1S/C19H20BF3IN3O3/c1-2-27(7-6-24)17-10-15(19(21,22)23)14(11-25-17)18(28)26-13-4-3-12-5-8-30-20(29)16(12)9-13/h3-4,9-11,29H,2,5-8H2,1H3,(H,26,28). The first kappa shape index (κ1) is 22.8. The Bertz CT molecular complexity index is 930. The summed E-state index contributed by atoms with van der Waals surface area (Å²) in [4.78, 5) is 18.5. The lowest BCUT2D eigenvalue weighted by atomic mass is 9.73. The minimum Gasteiger partial charge on any atom is -0.423 e. The van der Waals surface area contributed by atoms with E-state index in [1.54, 1.807) is 17.0 Å². The molecule has 0 atom stereocenters. The summed E-state index contributed by atoms with van der Waals surface area (Å²) in [5.74, 6) is -0.753.